The standard InChI is InChI=1S/C25H30O4S2/c26-22(11-7-18-6-8-19-4-1-2-5-21(19)16-18)12-9-20-10-13-23(27)25(20)31-15-3-14-30-17-24(28)29/h1-2,4-6,8-9,12,16,20,22,25-26H,3,7,10-11,13-15,17H2,(H,28,29)/t20-,22-,25-/m1/s1. The number of aliphatic hydroxyl groups excluding tert-OH is 1. The van der Waals surface area contributed by atoms with Crippen LogP contribution in [0.2, 0.25) is 0 Å². The Morgan fingerprint density at radius 3 is 2.77 bits per heavy atom. The maximum absolute atomic E-state index is 12.3. The molecule has 6 heteroatoms. The molecule has 0 aromatic heterocycles. The number of aliphatic carboxylic acids is 1. The Morgan fingerprint density at radius 1 is 1.16 bits per heavy atom. The number of rotatable bonds is 12. The van der Waals surface area contributed by atoms with Crippen LogP contribution >= 0.6 is 23.5 Å². The van der Waals surface area contributed by atoms with E-state index in [9.17, 15) is 14.7 Å². The van der Waals surface area contributed by atoms with Crippen molar-refractivity contribution in [3.05, 3.63) is 60.2 Å². The number of hydrogen-bond acceptors (Lipinski definition) is 5. The third-order valence-electron chi connectivity index (χ3n) is 5.51. The normalized spacial score (nSPS) is 20.0. The number of carbonyl (C=O) groups is 2. The van der Waals surface area contributed by atoms with Crippen LogP contribution in [0.3, 0.4) is 0 Å². The van der Waals surface area contributed by atoms with Crippen molar-refractivity contribution in [1.29, 1.82) is 0 Å². The van der Waals surface area contributed by atoms with Gasteiger partial charge in [0, 0.05) is 6.42 Å². The lowest BCUT2D eigenvalue weighted by atomic mass is 10.0. The van der Waals surface area contributed by atoms with Gasteiger partial charge in [0.1, 0.15) is 5.78 Å². The van der Waals surface area contributed by atoms with Crippen LogP contribution in [0.4, 0.5) is 0 Å². The van der Waals surface area contributed by atoms with Gasteiger partial charge in [-0.15, -0.1) is 11.8 Å². The molecule has 166 valence electrons. The van der Waals surface area contributed by atoms with Crippen molar-refractivity contribution in [2.75, 3.05) is 17.3 Å². The van der Waals surface area contributed by atoms with Gasteiger partial charge in [0.25, 0.3) is 0 Å². The third kappa shape index (κ3) is 7.70. The van der Waals surface area contributed by atoms with E-state index >= 15 is 0 Å². The molecule has 4 nitrogen and oxygen atoms in total. The molecule has 0 amide bonds. The summed E-state index contributed by atoms with van der Waals surface area (Å²) in [6, 6.07) is 14.7. The summed E-state index contributed by atoms with van der Waals surface area (Å²) in [5, 5.41) is 21.5. The second-order valence-electron chi connectivity index (χ2n) is 7.93. The molecule has 1 aliphatic rings. The van der Waals surface area contributed by atoms with Gasteiger partial charge >= 0.3 is 5.97 Å². The molecule has 1 saturated carbocycles. The number of benzene rings is 2. The average Bonchev–Trinajstić information content (AvgIpc) is 3.12. The Bertz CT molecular complexity index is 911. The second kappa shape index (κ2) is 12.3. The summed E-state index contributed by atoms with van der Waals surface area (Å²) in [6.45, 7) is 0. The van der Waals surface area contributed by atoms with Crippen molar-refractivity contribution in [1.82, 2.24) is 0 Å². The van der Waals surface area contributed by atoms with E-state index in [1.807, 2.05) is 24.3 Å². The van der Waals surface area contributed by atoms with E-state index in [4.69, 9.17) is 5.11 Å². The molecule has 31 heavy (non-hydrogen) atoms. The number of aryl methyl sites for hydroxylation is 1. The molecule has 0 aliphatic heterocycles. The molecular weight excluding hydrogens is 428 g/mol. The van der Waals surface area contributed by atoms with Crippen molar-refractivity contribution in [3.8, 4) is 0 Å². The molecule has 0 spiro atoms. The lowest BCUT2D eigenvalue weighted by Gasteiger charge is -2.15. The third-order valence-corrected chi connectivity index (χ3v) is 8.03. The second-order valence-corrected chi connectivity index (χ2v) is 10.3. The number of carbonyl (C=O) groups excluding carboxylic acids is 1. The van der Waals surface area contributed by atoms with E-state index in [-0.39, 0.29) is 16.9 Å². The summed E-state index contributed by atoms with van der Waals surface area (Å²) in [7, 11) is 0. The predicted octanol–water partition coefficient (Wildman–Crippen LogP) is 4.98. The first-order valence-electron chi connectivity index (χ1n) is 10.8. The molecule has 3 atom stereocenters. The molecular formula is C25H30O4S2. The molecule has 1 aliphatic carbocycles. The zero-order valence-corrected chi connectivity index (χ0v) is 19.2. The highest BCUT2D eigenvalue weighted by atomic mass is 32.2. The first-order chi connectivity index (χ1) is 15.0. The fourth-order valence-electron chi connectivity index (χ4n) is 3.86. The fourth-order valence-corrected chi connectivity index (χ4v) is 6.05. The number of allylic oxidation sites excluding steroid dienone is 1. The van der Waals surface area contributed by atoms with Gasteiger partial charge in [-0.05, 0) is 59.4 Å². The number of carboxylic acids is 1. The number of thioether (sulfide) groups is 2. The maximum Gasteiger partial charge on any atom is 0.313 e. The SMILES string of the molecule is O=C(O)CSCCCS[C@H]1C(=O)CC[C@H]1C=C[C@H](O)CCc1ccc2ccccc2c1. The van der Waals surface area contributed by atoms with Crippen molar-refractivity contribution >= 4 is 46.0 Å². The summed E-state index contributed by atoms with van der Waals surface area (Å²) in [5.74, 6) is 1.48. The minimum absolute atomic E-state index is 0.0339. The van der Waals surface area contributed by atoms with Crippen LogP contribution < -0.4 is 0 Å². The van der Waals surface area contributed by atoms with Crippen molar-refractivity contribution < 1.29 is 19.8 Å². The number of Topliss-reactive ketones (excluding diaryl/α,β-unsaturated/α-hetero) is 1. The zero-order valence-electron chi connectivity index (χ0n) is 17.6. The number of carboxylic acid groups (broad SMARTS) is 1. The summed E-state index contributed by atoms with van der Waals surface area (Å²) in [4.78, 5) is 22.8. The van der Waals surface area contributed by atoms with Crippen LogP contribution in [-0.4, -0.2) is 50.6 Å². The Hall–Kier alpha value is -1.76. The molecule has 3 rings (SSSR count). The van der Waals surface area contributed by atoms with Crippen molar-refractivity contribution in [2.24, 2.45) is 5.92 Å². The van der Waals surface area contributed by atoms with Gasteiger partial charge in [0.15, 0.2) is 0 Å². The Labute approximate surface area is 192 Å². The quantitative estimate of drug-likeness (QED) is 0.345. The van der Waals surface area contributed by atoms with E-state index in [0.29, 0.717) is 18.6 Å². The predicted molar refractivity (Wildman–Crippen MR) is 131 cm³/mol. The van der Waals surface area contributed by atoms with Crippen LogP contribution in [0.5, 0.6) is 0 Å². The van der Waals surface area contributed by atoms with E-state index < -0.39 is 12.1 Å². The highest BCUT2D eigenvalue weighted by molar-refractivity contribution is 8.01. The first kappa shape index (κ1) is 23.9. The molecule has 0 radical (unpaired) electrons. The molecule has 2 N–H and O–H groups in total. The van der Waals surface area contributed by atoms with Gasteiger partial charge in [-0.3, -0.25) is 9.59 Å². The van der Waals surface area contributed by atoms with Crippen LogP contribution in [0.15, 0.2) is 54.6 Å². The molecule has 2 aromatic carbocycles. The summed E-state index contributed by atoms with van der Waals surface area (Å²) in [5.41, 5.74) is 1.22. The zero-order chi connectivity index (χ0) is 22.1. The summed E-state index contributed by atoms with van der Waals surface area (Å²) in [6.07, 6.45) is 7.21. The van der Waals surface area contributed by atoms with Gasteiger partial charge in [-0.2, -0.15) is 11.8 Å². The molecule has 0 saturated heterocycles. The summed E-state index contributed by atoms with van der Waals surface area (Å²) < 4.78 is 0. The number of aliphatic hydroxyl groups is 1. The Kier molecular flexibility index (Phi) is 9.50. The maximum atomic E-state index is 12.3. The van der Waals surface area contributed by atoms with E-state index in [1.165, 1.54) is 28.1 Å². The fraction of sp³-hybridized carbons (Fsp3) is 0.440. The van der Waals surface area contributed by atoms with Gasteiger partial charge in [0.05, 0.1) is 17.1 Å². The summed E-state index contributed by atoms with van der Waals surface area (Å²) >= 11 is 3.10. The van der Waals surface area contributed by atoms with Crippen LogP contribution in [-0.2, 0) is 16.0 Å². The van der Waals surface area contributed by atoms with Crippen LogP contribution in [0.25, 0.3) is 10.8 Å². The molecule has 1 fully saturated rings. The van der Waals surface area contributed by atoms with Crippen molar-refractivity contribution in [3.63, 3.8) is 0 Å². The molecule has 2 aromatic rings. The first-order valence-corrected chi connectivity index (χ1v) is 13.0. The number of fused-ring (bicyclic) bond motifs is 1. The van der Waals surface area contributed by atoms with Crippen molar-refractivity contribution in [2.45, 2.75) is 43.5 Å². The number of hydrogen-bond donors (Lipinski definition) is 2. The minimum Gasteiger partial charge on any atom is -0.481 e. The van der Waals surface area contributed by atoms with E-state index in [1.54, 1.807) is 11.8 Å². The topological polar surface area (TPSA) is 74.6 Å². The average molecular weight is 459 g/mol. The van der Waals surface area contributed by atoms with Gasteiger partial charge in [-0.25, -0.2) is 0 Å². The van der Waals surface area contributed by atoms with Crippen LogP contribution in [0, 0.1) is 5.92 Å². The monoisotopic (exact) mass is 458 g/mol. The van der Waals surface area contributed by atoms with Crippen LogP contribution in [0.1, 0.15) is 31.2 Å². The van der Waals surface area contributed by atoms with E-state index in [0.717, 1.165) is 30.8 Å². The Balaban J connectivity index is 1.42. The largest absolute Gasteiger partial charge is 0.481 e. The van der Waals surface area contributed by atoms with Gasteiger partial charge < -0.3 is 10.2 Å². The highest BCUT2D eigenvalue weighted by Gasteiger charge is 2.33. The van der Waals surface area contributed by atoms with Gasteiger partial charge in [0.2, 0.25) is 0 Å². The minimum atomic E-state index is -0.784. The Morgan fingerprint density at radius 2 is 1.97 bits per heavy atom. The lowest BCUT2D eigenvalue weighted by Crippen LogP contribution is -2.17. The van der Waals surface area contributed by atoms with Gasteiger partial charge in [-0.1, -0.05) is 54.6 Å². The lowest BCUT2D eigenvalue weighted by molar-refractivity contribution is -0.133. The highest BCUT2D eigenvalue weighted by Crippen LogP contribution is 2.34. The number of ketones is 1. The molecule has 0 bridgehead atoms. The smallest absolute Gasteiger partial charge is 0.313 e. The van der Waals surface area contributed by atoms with E-state index in [2.05, 4.69) is 30.3 Å². The molecule has 0 heterocycles. The molecule has 0 unspecified atom stereocenters.